The number of tetrazole rings is 1. The number of nitrogens with zero attached hydrogens (tertiary/aromatic N) is 4. The molecule has 0 atom stereocenters. The maximum absolute atomic E-state index is 5.79. The Labute approximate surface area is 145 Å². The smallest absolute Gasteiger partial charge is 0.205 e. The van der Waals surface area contributed by atoms with E-state index in [-0.39, 0.29) is 0 Å². The van der Waals surface area contributed by atoms with Gasteiger partial charge in [0.05, 0.1) is 5.69 Å². The minimum atomic E-state index is 0.601. The lowest BCUT2D eigenvalue weighted by Crippen LogP contribution is -1.98. The third-order valence-electron chi connectivity index (χ3n) is 3.77. The first-order valence-electron chi connectivity index (χ1n) is 7.98. The van der Waals surface area contributed by atoms with E-state index in [0.717, 1.165) is 22.7 Å². The normalized spacial score (nSPS) is 10.6. The summed E-state index contributed by atoms with van der Waals surface area (Å²) in [7, 11) is 0. The third-order valence-corrected chi connectivity index (χ3v) is 3.77. The fraction of sp³-hybridized carbons (Fsp3) is 0.0500. The first kappa shape index (κ1) is 15.1. The highest BCUT2D eigenvalue weighted by atomic mass is 16.5. The van der Waals surface area contributed by atoms with Crippen LogP contribution in [0.4, 0.5) is 0 Å². The molecule has 5 nitrogen and oxygen atoms in total. The van der Waals surface area contributed by atoms with Gasteiger partial charge in [-0.1, -0.05) is 48.0 Å². The summed E-state index contributed by atoms with van der Waals surface area (Å²) in [6, 6.07) is 25.3. The molecule has 0 spiro atoms. The van der Waals surface area contributed by atoms with E-state index < -0.39 is 0 Å². The highest BCUT2D eigenvalue weighted by Crippen LogP contribution is 2.22. The van der Waals surface area contributed by atoms with Crippen molar-refractivity contribution in [2.24, 2.45) is 0 Å². The average molecular weight is 328 g/mol. The van der Waals surface area contributed by atoms with Crippen LogP contribution >= 0.6 is 0 Å². The highest BCUT2D eigenvalue weighted by Gasteiger charge is 2.07. The molecular formula is C20H16N4O. The summed E-state index contributed by atoms with van der Waals surface area (Å²) >= 11 is 0. The lowest BCUT2D eigenvalue weighted by Gasteiger charge is -2.05. The molecule has 0 fully saturated rings. The Morgan fingerprint density at radius 3 is 2.16 bits per heavy atom. The quantitative estimate of drug-likeness (QED) is 0.556. The van der Waals surface area contributed by atoms with E-state index in [0.29, 0.717) is 5.82 Å². The van der Waals surface area contributed by atoms with Gasteiger partial charge in [-0.2, -0.15) is 0 Å². The van der Waals surface area contributed by atoms with Crippen molar-refractivity contribution in [3.63, 3.8) is 0 Å². The van der Waals surface area contributed by atoms with Crippen LogP contribution in [0.3, 0.4) is 0 Å². The van der Waals surface area contributed by atoms with Crippen LogP contribution < -0.4 is 4.74 Å². The second kappa shape index (κ2) is 6.57. The fourth-order valence-electron chi connectivity index (χ4n) is 2.41. The summed E-state index contributed by atoms with van der Waals surface area (Å²) in [6.07, 6.45) is 0. The summed E-state index contributed by atoms with van der Waals surface area (Å²) in [4.78, 5) is 1.52. The van der Waals surface area contributed by atoms with Crippen molar-refractivity contribution < 1.29 is 4.74 Å². The Bertz CT molecular complexity index is 961. The summed E-state index contributed by atoms with van der Waals surface area (Å²) in [6.45, 7) is 2.05. The van der Waals surface area contributed by atoms with Crippen molar-refractivity contribution in [3.8, 4) is 28.6 Å². The van der Waals surface area contributed by atoms with E-state index in [9.17, 15) is 0 Å². The van der Waals surface area contributed by atoms with E-state index in [4.69, 9.17) is 4.74 Å². The molecule has 0 aliphatic heterocycles. The van der Waals surface area contributed by atoms with E-state index in [1.807, 2.05) is 85.8 Å². The van der Waals surface area contributed by atoms with Crippen LogP contribution in [0, 0.1) is 6.92 Å². The molecular weight excluding hydrogens is 312 g/mol. The average Bonchev–Trinajstić information content (AvgIpc) is 3.14. The van der Waals surface area contributed by atoms with Gasteiger partial charge < -0.3 is 4.74 Å². The number of aryl methyl sites for hydroxylation is 1. The van der Waals surface area contributed by atoms with Gasteiger partial charge in [-0.3, -0.25) is 0 Å². The number of benzene rings is 3. The molecule has 0 amide bonds. The SMILES string of the molecule is Cc1ccc(-c2nnn(-c3ccc(Oc4ccccc4)cc3)n2)cc1. The Kier molecular flexibility index (Phi) is 3.96. The number of hydrogen-bond donors (Lipinski definition) is 0. The first-order valence-corrected chi connectivity index (χ1v) is 7.98. The van der Waals surface area contributed by atoms with Gasteiger partial charge in [-0.15, -0.1) is 15.0 Å². The molecule has 0 bridgehead atoms. The number of rotatable bonds is 4. The summed E-state index contributed by atoms with van der Waals surface area (Å²) in [5, 5.41) is 12.7. The van der Waals surface area contributed by atoms with Gasteiger partial charge in [0.2, 0.25) is 5.82 Å². The molecule has 0 aliphatic rings. The van der Waals surface area contributed by atoms with Crippen LogP contribution in [0.1, 0.15) is 5.56 Å². The number of hydrogen-bond acceptors (Lipinski definition) is 4. The van der Waals surface area contributed by atoms with Crippen LogP contribution in [-0.2, 0) is 0 Å². The molecule has 1 aromatic heterocycles. The zero-order valence-electron chi connectivity index (χ0n) is 13.7. The van der Waals surface area contributed by atoms with Gasteiger partial charge in [0.25, 0.3) is 0 Å². The van der Waals surface area contributed by atoms with Crippen molar-refractivity contribution in [2.45, 2.75) is 6.92 Å². The molecule has 1 heterocycles. The molecule has 0 saturated carbocycles. The van der Waals surface area contributed by atoms with Gasteiger partial charge in [0, 0.05) is 5.56 Å². The standard InChI is InChI=1S/C20H16N4O/c1-15-7-9-16(10-8-15)20-21-23-24(22-20)17-11-13-19(14-12-17)25-18-5-3-2-4-6-18/h2-14H,1H3. The molecule has 4 aromatic rings. The molecule has 0 unspecified atom stereocenters. The zero-order chi connectivity index (χ0) is 17.1. The molecule has 0 saturated heterocycles. The second-order valence-corrected chi connectivity index (χ2v) is 5.68. The lowest BCUT2D eigenvalue weighted by atomic mass is 10.1. The van der Waals surface area contributed by atoms with Crippen LogP contribution in [0.25, 0.3) is 17.1 Å². The van der Waals surface area contributed by atoms with Crippen molar-refractivity contribution >= 4 is 0 Å². The Balaban J connectivity index is 1.53. The highest BCUT2D eigenvalue weighted by molar-refractivity contribution is 5.54. The number of para-hydroxylation sites is 1. The Hall–Kier alpha value is -3.47. The topological polar surface area (TPSA) is 52.8 Å². The van der Waals surface area contributed by atoms with E-state index in [2.05, 4.69) is 15.4 Å². The fourth-order valence-corrected chi connectivity index (χ4v) is 2.41. The van der Waals surface area contributed by atoms with E-state index in [1.165, 1.54) is 10.4 Å². The van der Waals surface area contributed by atoms with Crippen molar-refractivity contribution in [1.82, 2.24) is 20.2 Å². The Morgan fingerprint density at radius 2 is 1.44 bits per heavy atom. The molecule has 5 heteroatoms. The van der Waals surface area contributed by atoms with Crippen LogP contribution in [-0.4, -0.2) is 20.2 Å². The molecule has 0 radical (unpaired) electrons. The monoisotopic (exact) mass is 328 g/mol. The molecule has 4 rings (SSSR count). The van der Waals surface area contributed by atoms with Gasteiger partial charge in [0.15, 0.2) is 0 Å². The minimum absolute atomic E-state index is 0.601. The van der Waals surface area contributed by atoms with Gasteiger partial charge in [-0.25, -0.2) is 0 Å². The maximum atomic E-state index is 5.79. The van der Waals surface area contributed by atoms with Crippen molar-refractivity contribution in [1.29, 1.82) is 0 Å². The summed E-state index contributed by atoms with van der Waals surface area (Å²) in [5.74, 6) is 2.16. The lowest BCUT2D eigenvalue weighted by molar-refractivity contribution is 0.482. The summed E-state index contributed by atoms with van der Waals surface area (Å²) in [5.41, 5.74) is 2.97. The third kappa shape index (κ3) is 3.40. The zero-order valence-corrected chi connectivity index (χ0v) is 13.7. The summed E-state index contributed by atoms with van der Waals surface area (Å²) < 4.78 is 5.79. The minimum Gasteiger partial charge on any atom is -0.457 e. The predicted octanol–water partition coefficient (Wildman–Crippen LogP) is 4.43. The largest absolute Gasteiger partial charge is 0.457 e. The molecule has 0 aliphatic carbocycles. The van der Waals surface area contributed by atoms with Crippen LogP contribution in [0.5, 0.6) is 11.5 Å². The van der Waals surface area contributed by atoms with Gasteiger partial charge >= 0.3 is 0 Å². The van der Waals surface area contributed by atoms with E-state index in [1.54, 1.807) is 0 Å². The van der Waals surface area contributed by atoms with Crippen LogP contribution in [0.15, 0.2) is 78.9 Å². The van der Waals surface area contributed by atoms with Crippen LogP contribution in [0.2, 0.25) is 0 Å². The van der Waals surface area contributed by atoms with Crippen molar-refractivity contribution in [3.05, 3.63) is 84.4 Å². The molecule has 25 heavy (non-hydrogen) atoms. The van der Waals surface area contributed by atoms with Gasteiger partial charge in [0.1, 0.15) is 11.5 Å². The predicted molar refractivity (Wildman–Crippen MR) is 95.8 cm³/mol. The van der Waals surface area contributed by atoms with Gasteiger partial charge in [-0.05, 0) is 48.5 Å². The number of aromatic nitrogens is 4. The van der Waals surface area contributed by atoms with Crippen molar-refractivity contribution in [2.75, 3.05) is 0 Å². The van der Waals surface area contributed by atoms with E-state index >= 15 is 0 Å². The first-order chi connectivity index (χ1) is 12.3. The molecule has 0 N–H and O–H groups in total. The molecule has 122 valence electrons. The second-order valence-electron chi connectivity index (χ2n) is 5.68. The maximum Gasteiger partial charge on any atom is 0.205 e. The number of ether oxygens (including phenoxy) is 1. The molecule has 3 aromatic carbocycles. The Morgan fingerprint density at radius 1 is 0.760 bits per heavy atom.